The molecule has 0 amide bonds. The smallest absolute Gasteiger partial charge is 0.200 e. The number of hydrogen-bond donors (Lipinski definition) is 0. The molecule has 1 heterocycles. The lowest BCUT2D eigenvalue weighted by Gasteiger charge is -1.98. The van der Waals surface area contributed by atoms with Gasteiger partial charge in [-0.2, -0.15) is 4.80 Å². The van der Waals surface area contributed by atoms with Gasteiger partial charge in [0, 0.05) is 0 Å². The molecular formula is C7H12N4O. The second-order valence-corrected chi connectivity index (χ2v) is 2.65. The number of hydrogen-bond acceptors (Lipinski definition) is 4. The quantitative estimate of drug-likeness (QED) is 0.607. The summed E-state index contributed by atoms with van der Waals surface area (Å²) in [7, 11) is 1.72. The van der Waals surface area contributed by atoms with Crippen LogP contribution in [-0.4, -0.2) is 26.8 Å². The fraction of sp³-hybridized carbons (Fsp3) is 0.571. The minimum Gasteiger partial charge on any atom is -0.369 e. The third-order valence-electron chi connectivity index (χ3n) is 1.13. The molecule has 0 saturated carbocycles. The molecule has 66 valence electrons. The maximum absolute atomic E-state index is 5.22. The van der Waals surface area contributed by atoms with E-state index in [1.807, 2.05) is 6.92 Å². The summed E-state index contributed by atoms with van der Waals surface area (Å²) in [5, 5.41) is 11.4. The van der Waals surface area contributed by atoms with Crippen LogP contribution in [0.3, 0.4) is 0 Å². The van der Waals surface area contributed by atoms with Crippen molar-refractivity contribution in [3.63, 3.8) is 0 Å². The normalized spacial score (nSPS) is 10.2. The average molecular weight is 168 g/mol. The zero-order chi connectivity index (χ0) is 8.97. The summed E-state index contributed by atoms with van der Waals surface area (Å²) in [4.78, 5) is 1.40. The van der Waals surface area contributed by atoms with E-state index in [1.165, 1.54) is 4.80 Å². The Balaban J connectivity index is 2.29. The van der Waals surface area contributed by atoms with Gasteiger partial charge in [0.15, 0.2) is 5.82 Å². The van der Waals surface area contributed by atoms with Crippen molar-refractivity contribution in [3.8, 4) is 0 Å². The van der Waals surface area contributed by atoms with Gasteiger partial charge in [0.05, 0.1) is 13.7 Å². The highest BCUT2D eigenvalue weighted by Gasteiger charge is 1.98. The summed E-state index contributed by atoms with van der Waals surface area (Å²) in [5.41, 5.74) is 0.985. The number of nitrogens with zero attached hydrogens (tertiary/aromatic N) is 4. The number of tetrazole rings is 1. The van der Waals surface area contributed by atoms with E-state index in [0.29, 0.717) is 19.0 Å². The molecule has 1 aromatic rings. The average Bonchev–Trinajstić information content (AvgIpc) is 2.35. The Bertz CT molecular complexity index is 268. The van der Waals surface area contributed by atoms with Crippen LogP contribution in [0.1, 0.15) is 12.7 Å². The third-order valence-corrected chi connectivity index (χ3v) is 1.13. The molecular weight excluding hydrogens is 156 g/mol. The van der Waals surface area contributed by atoms with Crippen LogP contribution in [0, 0.1) is 0 Å². The molecule has 0 bridgehead atoms. The minimum atomic E-state index is 0.390. The standard InChI is InChI=1S/C7H12N4O/c1-6(2)4-12-5-7-8-10-11(3)9-7/h1,4-5H2,2-3H3. The van der Waals surface area contributed by atoms with Crippen LogP contribution < -0.4 is 0 Å². The van der Waals surface area contributed by atoms with Crippen molar-refractivity contribution in [2.75, 3.05) is 6.61 Å². The first kappa shape index (κ1) is 8.86. The van der Waals surface area contributed by atoms with Gasteiger partial charge in [0.1, 0.15) is 6.61 Å². The molecule has 0 radical (unpaired) electrons. The van der Waals surface area contributed by atoms with Crippen molar-refractivity contribution in [1.82, 2.24) is 20.2 Å². The summed E-state index contributed by atoms with van der Waals surface area (Å²) in [6, 6.07) is 0. The van der Waals surface area contributed by atoms with E-state index in [9.17, 15) is 0 Å². The molecule has 0 aliphatic rings. The third kappa shape index (κ3) is 2.79. The summed E-state index contributed by atoms with van der Waals surface area (Å²) in [6.07, 6.45) is 0. The van der Waals surface area contributed by atoms with Crippen LogP contribution in [0.5, 0.6) is 0 Å². The topological polar surface area (TPSA) is 52.8 Å². The molecule has 0 aromatic carbocycles. The SMILES string of the molecule is C=C(C)COCc1nnn(C)n1. The van der Waals surface area contributed by atoms with Crippen molar-refractivity contribution in [2.45, 2.75) is 13.5 Å². The van der Waals surface area contributed by atoms with Crippen LogP contribution in [0.2, 0.25) is 0 Å². The largest absolute Gasteiger partial charge is 0.369 e. The Morgan fingerprint density at radius 3 is 2.92 bits per heavy atom. The molecule has 0 atom stereocenters. The summed E-state index contributed by atoms with van der Waals surface area (Å²) < 4.78 is 5.22. The van der Waals surface area contributed by atoms with Crippen LogP contribution >= 0.6 is 0 Å². The lowest BCUT2D eigenvalue weighted by molar-refractivity contribution is 0.136. The first-order chi connectivity index (χ1) is 5.68. The fourth-order valence-corrected chi connectivity index (χ4v) is 0.698. The lowest BCUT2D eigenvalue weighted by atomic mass is 10.4. The highest BCUT2D eigenvalue weighted by Crippen LogP contribution is 1.93. The molecule has 0 saturated heterocycles. The van der Waals surface area contributed by atoms with Gasteiger partial charge in [0.25, 0.3) is 0 Å². The predicted molar refractivity (Wildman–Crippen MR) is 43.3 cm³/mol. The highest BCUT2D eigenvalue weighted by molar-refractivity contribution is 4.87. The molecule has 0 aliphatic heterocycles. The van der Waals surface area contributed by atoms with Crippen LogP contribution in [0.15, 0.2) is 12.2 Å². The Kier molecular flexibility index (Phi) is 2.93. The van der Waals surface area contributed by atoms with Gasteiger partial charge in [-0.25, -0.2) is 0 Å². The first-order valence-electron chi connectivity index (χ1n) is 3.63. The maximum Gasteiger partial charge on any atom is 0.200 e. The Morgan fingerprint density at radius 1 is 1.67 bits per heavy atom. The van der Waals surface area contributed by atoms with Crippen LogP contribution in [0.25, 0.3) is 0 Å². The van der Waals surface area contributed by atoms with E-state index in [1.54, 1.807) is 7.05 Å². The molecule has 5 nitrogen and oxygen atoms in total. The number of aryl methyl sites for hydroxylation is 1. The summed E-state index contributed by atoms with van der Waals surface area (Å²) in [5.74, 6) is 0.596. The number of ether oxygens (including phenoxy) is 1. The van der Waals surface area contributed by atoms with Crippen molar-refractivity contribution in [3.05, 3.63) is 18.0 Å². The monoisotopic (exact) mass is 168 g/mol. The van der Waals surface area contributed by atoms with E-state index in [4.69, 9.17) is 4.74 Å². The van der Waals surface area contributed by atoms with Crippen molar-refractivity contribution in [1.29, 1.82) is 0 Å². The molecule has 0 spiro atoms. The van der Waals surface area contributed by atoms with E-state index in [0.717, 1.165) is 5.57 Å². The highest BCUT2D eigenvalue weighted by atomic mass is 16.5. The Labute approximate surface area is 71.0 Å². The minimum absolute atomic E-state index is 0.390. The van der Waals surface area contributed by atoms with Crippen molar-refractivity contribution < 1.29 is 4.74 Å². The predicted octanol–water partition coefficient (Wildman–Crippen LogP) is 0.303. The van der Waals surface area contributed by atoms with E-state index in [-0.39, 0.29) is 0 Å². The van der Waals surface area contributed by atoms with Gasteiger partial charge in [0.2, 0.25) is 0 Å². The van der Waals surface area contributed by atoms with E-state index >= 15 is 0 Å². The molecule has 0 aliphatic carbocycles. The molecule has 0 unspecified atom stereocenters. The van der Waals surface area contributed by atoms with Crippen LogP contribution in [0.4, 0.5) is 0 Å². The van der Waals surface area contributed by atoms with Gasteiger partial charge in [-0.05, 0) is 12.1 Å². The molecule has 1 rings (SSSR count). The van der Waals surface area contributed by atoms with Gasteiger partial charge < -0.3 is 4.74 Å². The second kappa shape index (κ2) is 3.96. The van der Waals surface area contributed by atoms with Crippen molar-refractivity contribution in [2.24, 2.45) is 7.05 Å². The van der Waals surface area contributed by atoms with E-state index < -0.39 is 0 Å². The Morgan fingerprint density at radius 2 is 2.42 bits per heavy atom. The van der Waals surface area contributed by atoms with Crippen molar-refractivity contribution >= 4 is 0 Å². The molecule has 0 N–H and O–H groups in total. The maximum atomic E-state index is 5.22. The molecule has 5 heteroatoms. The lowest BCUT2D eigenvalue weighted by Crippen LogP contribution is -1.98. The van der Waals surface area contributed by atoms with E-state index in [2.05, 4.69) is 22.0 Å². The van der Waals surface area contributed by atoms with Gasteiger partial charge in [-0.15, -0.1) is 10.2 Å². The zero-order valence-electron chi connectivity index (χ0n) is 7.32. The number of aromatic nitrogens is 4. The fourth-order valence-electron chi connectivity index (χ4n) is 0.698. The molecule has 12 heavy (non-hydrogen) atoms. The van der Waals surface area contributed by atoms with Crippen LogP contribution in [-0.2, 0) is 18.4 Å². The number of rotatable bonds is 4. The van der Waals surface area contributed by atoms with Gasteiger partial charge in [-0.1, -0.05) is 12.2 Å². The second-order valence-electron chi connectivity index (χ2n) is 2.65. The summed E-state index contributed by atoms with van der Waals surface area (Å²) >= 11 is 0. The van der Waals surface area contributed by atoms with Gasteiger partial charge in [-0.3, -0.25) is 0 Å². The molecule has 1 aromatic heterocycles. The first-order valence-corrected chi connectivity index (χ1v) is 3.63. The Hall–Kier alpha value is -1.23. The zero-order valence-corrected chi connectivity index (χ0v) is 7.32. The summed E-state index contributed by atoms with van der Waals surface area (Å²) in [6.45, 7) is 6.54. The van der Waals surface area contributed by atoms with Gasteiger partial charge >= 0.3 is 0 Å². The molecule has 0 fully saturated rings.